The van der Waals surface area contributed by atoms with Gasteiger partial charge in [-0.2, -0.15) is 13.9 Å². The normalized spacial score (nSPS) is 28.8. The van der Waals surface area contributed by atoms with Crippen LogP contribution in [-0.4, -0.2) is 23.0 Å². The molecular formula is C12H15F2N3. The van der Waals surface area contributed by atoms with Crippen LogP contribution in [0.1, 0.15) is 49.2 Å². The standard InChI is InChI=1S/C12H15F2N3/c1-6(2)17-11-10(9(16-17)5-15-3)7-4-8(7)12(11,13)14/h5-8H,4H2,1-3H3. The van der Waals surface area contributed by atoms with Crippen LogP contribution in [0, 0.1) is 5.92 Å². The zero-order valence-corrected chi connectivity index (χ0v) is 10.1. The fraction of sp³-hybridized carbons (Fsp3) is 0.667. The lowest BCUT2D eigenvalue weighted by atomic mass is 10.1. The molecule has 1 fully saturated rings. The summed E-state index contributed by atoms with van der Waals surface area (Å²) >= 11 is 0. The lowest BCUT2D eigenvalue weighted by molar-refractivity contribution is -0.0318. The van der Waals surface area contributed by atoms with E-state index in [1.807, 2.05) is 13.8 Å². The van der Waals surface area contributed by atoms with Gasteiger partial charge in [0.1, 0.15) is 11.4 Å². The Labute approximate surface area is 98.5 Å². The molecule has 0 radical (unpaired) electrons. The Morgan fingerprint density at radius 1 is 1.53 bits per heavy atom. The Kier molecular flexibility index (Phi) is 2.01. The maximum Gasteiger partial charge on any atom is 0.293 e. The number of fused-ring (bicyclic) bond motifs is 3. The van der Waals surface area contributed by atoms with Crippen LogP contribution in [-0.2, 0) is 5.92 Å². The van der Waals surface area contributed by atoms with Crippen molar-refractivity contribution >= 4 is 6.21 Å². The van der Waals surface area contributed by atoms with Gasteiger partial charge in [-0.15, -0.1) is 0 Å². The Hall–Kier alpha value is -1.26. The first-order valence-corrected chi connectivity index (χ1v) is 5.91. The van der Waals surface area contributed by atoms with E-state index in [-0.39, 0.29) is 17.7 Å². The molecule has 1 saturated carbocycles. The average molecular weight is 239 g/mol. The molecule has 3 nitrogen and oxygen atoms in total. The molecule has 1 aromatic heterocycles. The fourth-order valence-corrected chi connectivity index (χ4v) is 2.84. The summed E-state index contributed by atoms with van der Waals surface area (Å²) in [5.41, 5.74) is 1.49. The Balaban J connectivity index is 2.23. The lowest BCUT2D eigenvalue weighted by Crippen LogP contribution is -2.21. The summed E-state index contributed by atoms with van der Waals surface area (Å²) in [7, 11) is 1.64. The van der Waals surface area contributed by atoms with Gasteiger partial charge in [0.25, 0.3) is 5.92 Å². The van der Waals surface area contributed by atoms with E-state index in [1.165, 1.54) is 4.68 Å². The molecule has 92 valence electrons. The summed E-state index contributed by atoms with van der Waals surface area (Å²) < 4.78 is 29.8. The van der Waals surface area contributed by atoms with Crippen molar-refractivity contribution < 1.29 is 8.78 Å². The fourth-order valence-electron chi connectivity index (χ4n) is 2.84. The van der Waals surface area contributed by atoms with Gasteiger partial charge in [-0.3, -0.25) is 9.67 Å². The third kappa shape index (κ3) is 1.25. The molecular weight excluding hydrogens is 224 g/mol. The number of aliphatic imine (C=N–C) groups is 1. The second kappa shape index (κ2) is 3.15. The minimum Gasteiger partial charge on any atom is -0.294 e. The highest BCUT2D eigenvalue weighted by Crippen LogP contribution is 2.67. The molecule has 17 heavy (non-hydrogen) atoms. The van der Waals surface area contributed by atoms with Crippen LogP contribution in [0.25, 0.3) is 0 Å². The third-order valence-electron chi connectivity index (χ3n) is 3.66. The monoisotopic (exact) mass is 239 g/mol. The van der Waals surface area contributed by atoms with Gasteiger partial charge in [0.15, 0.2) is 0 Å². The van der Waals surface area contributed by atoms with Crippen LogP contribution in [0.4, 0.5) is 8.78 Å². The van der Waals surface area contributed by atoms with Crippen molar-refractivity contribution in [1.82, 2.24) is 9.78 Å². The first-order chi connectivity index (χ1) is 7.98. The van der Waals surface area contributed by atoms with Crippen molar-refractivity contribution in [1.29, 1.82) is 0 Å². The predicted molar refractivity (Wildman–Crippen MR) is 60.9 cm³/mol. The molecule has 1 aromatic rings. The summed E-state index contributed by atoms with van der Waals surface area (Å²) in [5.74, 6) is -3.21. The quantitative estimate of drug-likeness (QED) is 0.730. The summed E-state index contributed by atoms with van der Waals surface area (Å²) in [5, 5.41) is 4.28. The van der Waals surface area contributed by atoms with Crippen molar-refractivity contribution in [2.45, 2.75) is 38.2 Å². The minimum absolute atomic E-state index is 0.000463. The highest BCUT2D eigenvalue weighted by molar-refractivity contribution is 5.81. The molecule has 0 N–H and O–H groups in total. The number of halogens is 2. The third-order valence-corrected chi connectivity index (χ3v) is 3.66. The van der Waals surface area contributed by atoms with E-state index in [4.69, 9.17) is 0 Å². The van der Waals surface area contributed by atoms with Crippen LogP contribution in [0.3, 0.4) is 0 Å². The molecule has 0 amide bonds. The molecule has 0 spiro atoms. The predicted octanol–water partition coefficient (Wildman–Crippen LogP) is 2.72. The van der Waals surface area contributed by atoms with Gasteiger partial charge < -0.3 is 0 Å². The number of rotatable bonds is 2. The van der Waals surface area contributed by atoms with E-state index in [1.54, 1.807) is 13.3 Å². The molecule has 0 aromatic carbocycles. The zero-order valence-electron chi connectivity index (χ0n) is 10.1. The van der Waals surface area contributed by atoms with Crippen molar-refractivity contribution in [3.05, 3.63) is 17.0 Å². The molecule has 2 aliphatic rings. The molecule has 2 atom stereocenters. The lowest BCUT2D eigenvalue weighted by Gasteiger charge is -2.17. The van der Waals surface area contributed by atoms with E-state index in [9.17, 15) is 8.78 Å². The van der Waals surface area contributed by atoms with Crippen LogP contribution >= 0.6 is 0 Å². The smallest absolute Gasteiger partial charge is 0.293 e. The summed E-state index contributed by atoms with van der Waals surface area (Å²) in [4.78, 5) is 3.91. The van der Waals surface area contributed by atoms with Gasteiger partial charge >= 0.3 is 0 Å². The number of aromatic nitrogens is 2. The van der Waals surface area contributed by atoms with Gasteiger partial charge in [0.05, 0.1) is 0 Å². The molecule has 2 unspecified atom stereocenters. The molecule has 1 heterocycles. The highest BCUT2D eigenvalue weighted by Gasteiger charge is 2.66. The molecule has 5 heteroatoms. The van der Waals surface area contributed by atoms with E-state index in [0.717, 1.165) is 5.56 Å². The minimum atomic E-state index is -2.71. The first kappa shape index (κ1) is 10.9. The second-order valence-electron chi connectivity index (χ2n) is 5.14. The van der Waals surface area contributed by atoms with Crippen LogP contribution in [0.15, 0.2) is 4.99 Å². The maximum atomic E-state index is 14.1. The van der Waals surface area contributed by atoms with Gasteiger partial charge in [-0.1, -0.05) is 0 Å². The number of hydrogen-bond acceptors (Lipinski definition) is 2. The molecule has 3 rings (SSSR count). The molecule has 0 saturated heterocycles. The van der Waals surface area contributed by atoms with E-state index < -0.39 is 11.8 Å². The Morgan fingerprint density at radius 3 is 2.82 bits per heavy atom. The summed E-state index contributed by atoms with van der Waals surface area (Å²) in [6.07, 6.45) is 2.18. The molecule has 0 bridgehead atoms. The van der Waals surface area contributed by atoms with Crippen molar-refractivity contribution in [2.75, 3.05) is 7.05 Å². The Bertz CT molecular complexity index is 502. The summed E-state index contributed by atoms with van der Waals surface area (Å²) in [6.45, 7) is 3.75. The average Bonchev–Trinajstić information content (AvgIpc) is 2.89. The van der Waals surface area contributed by atoms with Crippen molar-refractivity contribution in [3.63, 3.8) is 0 Å². The highest BCUT2D eigenvalue weighted by atomic mass is 19.3. The number of nitrogens with zero attached hydrogens (tertiary/aromatic N) is 3. The van der Waals surface area contributed by atoms with Crippen LogP contribution in [0.2, 0.25) is 0 Å². The largest absolute Gasteiger partial charge is 0.294 e. The summed E-state index contributed by atoms with van der Waals surface area (Å²) in [6, 6.07) is -0.0499. The number of alkyl halides is 2. The zero-order chi connectivity index (χ0) is 12.4. The molecule has 0 aliphatic heterocycles. The van der Waals surface area contributed by atoms with Gasteiger partial charge in [0, 0.05) is 30.8 Å². The SMILES string of the molecule is CN=Cc1nn(C(C)C)c2c1C1CC1C2(F)F. The maximum absolute atomic E-state index is 14.1. The Morgan fingerprint density at radius 2 is 2.24 bits per heavy atom. The van der Waals surface area contributed by atoms with Gasteiger partial charge in [-0.25, -0.2) is 0 Å². The van der Waals surface area contributed by atoms with Crippen molar-refractivity contribution in [3.8, 4) is 0 Å². The van der Waals surface area contributed by atoms with Crippen LogP contribution in [0.5, 0.6) is 0 Å². The first-order valence-electron chi connectivity index (χ1n) is 5.91. The second-order valence-corrected chi connectivity index (χ2v) is 5.14. The van der Waals surface area contributed by atoms with Crippen molar-refractivity contribution in [2.24, 2.45) is 10.9 Å². The van der Waals surface area contributed by atoms with E-state index in [2.05, 4.69) is 10.1 Å². The van der Waals surface area contributed by atoms with E-state index in [0.29, 0.717) is 12.1 Å². The number of hydrogen-bond donors (Lipinski definition) is 0. The molecule has 2 aliphatic carbocycles. The van der Waals surface area contributed by atoms with Crippen LogP contribution < -0.4 is 0 Å². The van der Waals surface area contributed by atoms with E-state index >= 15 is 0 Å². The van der Waals surface area contributed by atoms with Gasteiger partial charge in [-0.05, 0) is 26.2 Å². The van der Waals surface area contributed by atoms with Gasteiger partial charge in [0.2, 0.25) is 0 Å². The topological polar surface area (TPSA) is 30.2 Å².